The molecule has 0 aliphatic rings. The molecule has 0 atom stereocenters. The van der Waals surface area contributed by atoms with Crippen LogP contribution in [-0.2, 0) is 0 Å². The Bertz CT molecular complexity index is 238. The van der Waals surface area contributed by atoms with Crippen molar-refractivity contribution in [1.29, 1.82) is 0 Å². The summed E-state index contributed by atoms with van der Waals surface area (Å²) in [5.41, 5.74) is 1.28. The monoisotopic (exact) mass is 196 g/mol. The highest BCUT2D eigenvalue weighted by Gasteiger charge is 2.17. The fourth-order valence-corrected chi connectivity index (χ4v) is 1.75. The fraction of sp³-hybridized carbons (Fsp3) is 0.500. The van der Waals surface area contributed by atoms with Crippen molar-refractivity contribution in [2.75, 3.05) is 0 Å². The molecule has 0 radical (unpaired) electrons. The van der Waals surface area contributed by atoms with Crippen LogP contribution in [-0.4, -0.2) is 0 Å². The van der Waals surface area contributed by atoms with Gasteiger partial charge in [-0.1, -0.05) is 51.3 Å². The predicted molar refractivity (Wildman–Crippen MR) is 64.8 cm³/mol. The topological polar surface area (TPSA) is 0 Å². The van der Waals surface area contributed by atoms with E-state index in [1.165, 1.54) is 4.91 Å². The van der Waals surface area contributed by atoms with Crippen molar-refractivity contribution in [2.24, 2.45) is 5.41 Å². The zero-order valence-corrected chi connectivity index (χ0v) is 10.2. The van der Waals surface area contributed by atoms with Crippen molar-refractivity contribution < 1.29 is 0 Å². The third-order valence-electron chi connectivity index (χ3n) is 1.40. The second kappa shape index (κ2) is 4.71. The maximum atomic E-state index is 3.91. The molecular weight excluding hydrogens is 176 g/mol. The average molecular weight is 196 g/mol. The van der Waals surface area contributed by atoms with Crippen LogP contribution in [0.1, 0.15) is 34.6 Å². The standard InChI is InChI=1S/C12H20S/c1-9(2)8-11(12(5,6)7)13-10(3)4/h8H,1,3H2,2,4-7H3/b11-8-. The minimum absolute atomic E-state index is 0.183. The molecule has 0 aliphatic carbocycles. The summed E-state index contributed by atoms with van der Waals surface area (Å²) >= 11 is 1.74. The van der Waals surface area contributed by atoms with Gasteiger partial charge in [0, 0.05) is 0 Å². The number of hydrogen-bond acceptors (Lipinski definition) is 1. The maximum Gasteiger partial charge on any atom is -0.00499 e. The highest BCUT2D eigenvalue weighted by Crippen LogP contribution is 2.38. The molecule has 0 saturated heterocycles. The lowest BCUT2D eigenvalue weighted by molar-refractivity contribution is 0.533. The summed E-state index contributed by atoms with van der Waals surface area (Å²) in [5, 5.41) is 0. The van der Waals surface area contributed by atoms with E-state index in [1.54, 1.807) is 11.8 Å². The summed E-state index contributed by atoms with van der Waals surface area (Å²) in [5.74, 6) is 0. The number of thioether (sulfide) groups is 1. The molecule has 0 nitrogen and oxygen atoms in total. The van der Waals surface area contributed by atoms with Crippen LogP contribution in [0.25, 0.3) is 0 Å². The molecule has 0 unspecified atom stereocenters. The molecule has 0 N–H and O–H groups in total. The van der Waals surface area contributed by atoms with Crippen LogP contribution in [0, 0.1) is 5.41 Å². The number of allylic oxidation sites excluding steroid dienone is 4. The second-order valence-corrected chi connectivity index (χ2v) is 5.75. The first-order valence-corrected chi connectivity index (χ1v) is 5.26. The highest BCUT2D eigenvalue weighted by molar-refractivity contribution is 8.06. The Morgan fingerprint density at radius 2 is 1.62 bits per heavy atom. The molecule has 0 spiro atoms. The fourth-order valence-electron chi connectivity index (χ4n) is 0.811. The van der Waals surface area contributed by atoms with Gasteiger partial charge in [-0.3, -0.25) is 0 Å². The van der Waals surface area contributed by atoms with Crippen molar-refractivity contribution in [2.45, 2.75) is 34.6 Å². The van der Waals surface area contributed by atoms with Gasteiger partial charge < -0.3 is 0 Å². The van der Waals surface area contributed by atoms with Crippen molar-refractivity contribution in [3.63, 3.8) is 0 Å². The van der Waals surface area contributed by atoms with Crippen LogP contribution in [0.5, 0.6) is 0 Å². The molecule has 0 aromatic carbocycles. The first kappa shape index (κ1) is 12.6. The van der Waals surface area contributed by atoms with Gasteiger partial charge in [0.15, 0.2) is 0 Å². The lowest BCUT2D eigenvalue weighted by atomic mass is 9.95. The number of hydrogen-bond donors (Lipinski definition) is 0. The van der Waals surface area contributed by atoms with Gasteiger partial charge in [-0.2, -0.15) is 0 Å². The third-order valence-corrected chi connectivity index (χ3v) is 2.70. The third kappa shape index (κ3) is 5.75. The second-order valence-electron chi connectivity index (χ2n) is 4.41. The van der Waals surface area contributed by atoms with Gasteiger partial charge in [-0.05, 0) is 35.1 Å². The first-order chi connectivity index (χ1) is 5.73. The molecule has 0 aromatic heterocycles. The Morgan fingerprint density at radius 1 is 1.15 bits per heavy atom. The van der Waals surface area contributed by atoms with Gasteiger partial charge in [-0.25, -0.2) is 0 Å². The smallest absolute Gasteiger partial charge is 0.00499 e. The van der Waals surface area contributed by atoms with Gasteiger partial charge in [0.05, 0.1) is 0 Å². The summed E-state index contributed by atoms with van der Waals surface area (Å²) in [6.07, 6.45) is 2.14. The normalized spacial score (nSPS) is 12.8. The Morgan fingerprint density at radius 3 is 1.85 bits per heavy atom. The van der Waals surface area contributed by atoms with Crippen LogP contribution in [0.15, 0.2) is 34.6 Å². The van der Waals surface area contributed by atoms with Crippen molar-refractivity contribution in [3.05, 3.63) is 34.6 Å². The molecule has 1 heteroatoms. The van der Waals surface area contributed by atoms with Crippen molar-refractivity contribution in [1.82, 2.24) is 0 Å². The van der Waals surface area contributed by atoms with E-state index in [0.717, 1.165) is 10.5 Å². The lowest BCUT2D eigenvalue weighted by Crippen LogP contribution is -2.06. The van der Waals surface area contributed by atoms with Gasteiger partial charge in [0.2, 0.25) is 0 Å². The van der Waals surface area contributed by atoms with E-state index in [4.69, 9.17) is 0 Å². The van der Waals surface area contributed by atoms with E-state index in [9.17, 15) is 0 Å². The van der Waals surface area contributed by atoms with Crippen LogP contribution in [0.3, 0.4) is 0 Å². The van der Waals surface area contributed by atoms with Crippen LogP contribution >= 0.6 is 11.8 Å². The summed E-state index contributed by atoms with van der Waals surface area (Å²) < 4.78 is 0. The van der Waals surface area contributed by atoms with Gasteiger partial charge >= 0.3 is 0 Å². The number of rotatable bonds is 3. The molecule has 0 fully saturated rings. The lowest BCUT2D eigenvalue weighted by Gasteiger charge is -2.22. The minimum Gasteiger partial charge on any atom is -0.0994 e. The quantitative estimate of drug-likeness (QED) is 0.586. The first-order valence-electron chi connectivity index (χ1n) is 4.44. The van der Waals surface area contributed by atoms with E-state index in [1.807, 2.05) is 13.8 Å². The van der Waals surface area contributed by atoms with Crippen LogP contribution in [0.4, 0.5) is 0 Å². The van der Waals surface area contributed by atoms with Gasteiger partial charge in [0.25, 0.3) is 0 Å². The molecule has 0 bridgehead atoms. The molecule has 0 saturated carbocycles. The Kier molecular flexibility index (Phi) is 4.55. The minimum atomic E-state index is 0.183. The highest BCUT2D eigenvalue weighted by atomic mass is 32.2. The Hall–Kier alpha value is -0.430. The van der Waals surface area contributed by atoms with Crippen LogP contribution in [0.2, 0.25) is 0 Å². The zero-order valence-electron chi connectivity index (χ0n) is 9.40. The van der Waals surface area contributed by atoms with E-state index in [-0.39, 0.29) is 5.41 Å². The van der Waals surface area contributed by atoms with E-state index >= 15 is 0 Å². The molecule has 0 heterocycles. The predicted octanol–water partition coefficient (Wildman–Crippen LogP) is 4.76. The van der Waals surface area contributed by atoms with E-state index in [0.29, 0.717) is 0 Å². The van der Waals surface area contributed by atoms with Crippen LogP contribution < -0.4 is 0 Å². The summed E-state index contributed by atoms with van der Waals surface area (Å²) in [4.78, 5) is 2.45. The Balaban J connectivity index is 4.77. The average Bonchev–Trinajstić information content (AvgIpc) is 1.81. The molecule has 0 amide bonds. The van der Waals surface area contributed by atoms with Crippen molar-refractivity contribution in [3.8, 4) is 0 Å². The summed E-state index contributed by atoms with van der Waals surface area (Å²) in [6.45, 7) is 18.5. The Labute approximate surface area is 86.8 Å². The molecule has 13 heavy (non-hydrogen) atoms. The van der Waals surface area contributed by atoms with E-state index < -0.39 is 0 Å². The molecule has 74 valence electrons. The largest absolute Gasteiger partial charge is 0.0994 e. The molecule has 0 aromatic rings. The molecule has 0 aliphatic heterocycles. The maximum absolute atomic E-state index is 3.91. The molecule has 0 rings (SSSR count). The SMILES string of the molecule is C=C(C)/C=C(\SC(=C)C)C(C)(C)C. The van der Waals surface area contributed by atoms with Gasteiger partial charge in [0.1, 0.15) is 0 Å². The van der Waals surface area contributed by atoms with Gasteiger partial charge in [-0.15, -0.1) is 0 Å². The summed E-state index contributed by atoms with van der Waals surface area (Å²) in [6, 6.07) is 0. The van der Waals surface area contributed by atoms with E-state index in [2.05, 4.69) is 40.0 Å². The molecular formula is C12H20S. The zero-order chi connectivity index (χ0) is 10.6. The summed E-state index contributed by atoms with van der Waals surface area (Å²) in [7, 11) is 0. The van der Waals surface area contributed by atoms with Crippen molar-refractivity contribution >= 4 is 11.8 Å².